The van der Waals surface area contributed by atoms with E-state index in [1.165, 1.54) is 6.07 Å². The van der Waals surface area contributed by atoms with Crippen molar-refractivity contribution >= 4 is 5.69 Å². The Hall–Kier alpha value is -2.58. The summed E-state index contributed by atoms with van der Waals surface area (Å²) in [7, 11) is 0. The second-order valence-corrected chi connectivity index (χ2v) is 4.94. The van der Waals surface area contributed by atoms with E-state index in [1.807, 2.05) is 0 Å². The minimum atomic E-state index is -1.11. The lowest BCUT2D eigenvalue weighted by Crippen LogP contribution is -2.23. The number of nitro benzene ring substituents is 1. The van der Waals surface area contributed by atoms with E-state index in [-0.39, 0.29) is 25.6 Å². The third-order valence-corrected chi connectivity index (χ3v) is 3.08. The molecule has 0 saturated carbocycles. The number of benzene rings is 2. The Kier molecular flexibility index (Phi) is 6.16. The van der Waals surface area contributed by atoms with Crippen molar-refractivity contribution in [3.05, 3.63) is 69.8 Å². The maximum Gasteiger partial charge on any atom is 0.311 e. The molecule has 2 aromatic rings. The number of halogens is 2. The fourth-order valence-electron chi connectivity index (χ4n) is 1.91. The summed E-state index contributed by atoms with van der Waals surface area (Å²) in [6.45, 7) is -0.539. The van der Waals surface area contributed by atoms with Crippen LogP contribution in [0.15, 0.2) is 42.5 Å². The van der Waals surface area contributed by atoms with Crippen molar-refractivity contribution in [2.75, 3.05) is 13.2 Å². The summed E-state index contributed by atoms with van der Waals surface area (Å²) in [6.07, 6.45) is -1.11. The van der Waals surface area contributed by atoms with E-state index in [9.17, 15) is 24.0 Å². The Morgan fingerprint density at radius 2 is 1.92 bits per heavy atom. The van der Waals surface area contributed by atoms with E-state index in [4.69, 9.17) is 9.47 Å². The van der Waals surface area contributed by atoms with Gasteiger partial charge in [-0.05, 0) is 12.1 Å². The van der Waals surface area contributed by atoms with Gasteiger partial charge in [-0.2, -0.15) is 0 Å². The number of hydrogen-bond acceptors (Lipinski definition) is 5. The normalized spacial score (nSPS) is 12.0. The zero-order valence-electron chi connectivity index (χ0n) is 12.5. The molecule has 0 aliphatic rings. The third-order valence-electron chi connectivity index (χ3n) is 3.08. The molecule has 128 valence electrons. The summed E-state index contributed by atoms with van der Waals surface area (Å²) in [5.41, 5.74) is -0.0674. The Balaban J connectivity index is 1.83. The van der Waals surface area contributed by atoms with Gasteiger partial charge in [-0.25, -0.2) is 8.78 Å². The molecule has 0 bridgehead atoms. The molecular formula is C16H15F2NO5. The minimum absolute atomic E-state index is 0.0379. The molecule has 1 unspecified atom stereocenters. The second-order valence-electron chi connectivity index (χ2n) is 4.94. The van der Waals surface area contributed by atoms with Crippen LogP contribution in [-0.4, -0.2) is 29.3 Å². The van der Waals surface area contributed by atoms with Crippen molar-refractivity contribution in [2.24, 2.45) is 0 Å². The van der Waals surface area contributed by atoms with Crippen LogP contribution in [0.25, 0.3) is 0 Å². The lowest BCUT2D eigenvalue weighted by Gasteiger charge is -2.13. The molecule has 2 aromatic carbocycles. The van der Waals surface area contributed by atoms with Gasteiger partial charge in [-0.1, -0.05) is 18.2 Å². The van der Waals surface area contributed by atoms with E-state index in [1.54, 1.807) is 18.2 Å². The highest BCUT2D eigenvalue weighted by Gasteiger charge is 2.17. The topological polar surface area (TPSA) is 81.8 Å². The molecule has 1 N–H and O–H groups in total. The smallest absolute Gasteiger partial charge is 0.311 e. The third kappa shape index (κ3) is 4.97. The number of aliphatic hydroxyl groups excluding tert-OH is 1. The highest BCUT2D eigenvalue weighted by Crippen LogP contribution is 2.27. The first-order chi connectivity index (χ1) is 11.5. The van der Waals surface area contributed by atoms with E-state index >= 15 is 0 Å². The molecule has 0 aliphatic carbocycles. The molecule has 6 nitrogen and oxygen atoms in total. The van der Waals surface area contributed by atoms with Crippen LogP contribution in [0.1, 0.15) is 5.56 Å². The summed E-state index contributed by atoms with van der Waals surface area (Å²) in [5, 5.41) is 20.6. The molecule has 0 saturated heterocycles. The number of nitro groups is 1. The average molecular weight is 339 g/mol. The first-order valence-electron chi connectivity index (χ1n) is 7.03. The SMILES string of the molecule is O=[N+]([O-])c1ccc(F)cc1OCC(O)COCc1ccccc1F. The zero-order valence-corrected chi connectivity index (χ0v) is 12.5. The lowest BCUT2D eigenvalue weighted by molar-refractivity contribution is -0.386. The van der Waals surface area contributed by atoms with Gasteiger partial charge in [0.1, 0.15) is 24.3 Å². The van der Waals surface area contributed by atoms with Crippen LogP contribution in [0.4, 0.5) is 14.5 Å². The standard InChI is InChI=1S/C16H15F2NO5/c17-12-5-6-15(19(21)22)16(7-12)24-10-13(20)9-23-8-11-3-1-2-4-14(11)18/h1-7,13,20H,8-10H2. The minimum Gasteiger partial charge on any atom is -0.484 e. The van der Waals surface area contributed by atoms with Crippen LogP contribution in [-0.2, 0) is 11.3 Å². The molecular weight excluding hydrogens is 324 g/mol. The van der Waals surface area contributed by atoms with E-state index < -0.39 is 28.3 Å². The highest BCUT2D eigenvalue weighted by atomic mass is 19.1. The Labute approximate surface area is 136 Å². The lowest BCUT2D eigenvalue weighted by atomic mass is 10.2. The quantitative estimate of drug-likeness (QED) is 0.591. The maximum atomic E-state index is 13.4. The van der Waals surface area contributed by atoms with Crippen molar-refractivity contribution in [1.82, 2.24) is 0 Å². The molecule has 0 amide bonds. The van der Waals surface area contributed by atoms with Gasteiger partial charge in [-0.15, -0.1) is 0 Å². The average Bonchev–Trinajstić information content (AvgIpc) is 2.54. The summed E-state index contributed by atoms with van der Waals surface area (Å²) >= 11 is 0. The van der Waals surface area contributed by atoms with Gasteiger partial charge in [0.2, 0.25) is 0 Å². The Bertz CT molecular complexity index is 711. The predicted octanol–water partition coefficient (Wildman–Crippen LogP) is 2.83. The van der Waals surface area contributed by atoms with E-state index in [0.29, 0.717) is 5.56 Å². The first kappa shape index (κ1) is 17.8. The molecule has 0 aromatic heterocycles. The molecule has 8 heteroatoms. The fraction of sp³-hybridized carbons (Fsp3) is 0.250. The van der Waals surface area contributed by atoms with Crippen LogP contribution in [0.5, 0.6) is 5.75 Å². The van der Waals surface area contributed by atoms with Crippen LogP contribution < -0.4 is 4.74 Å². The van der Waals surface area contributed by atoms with Crippen LogP contribution >= 0.6 is 0 Å². The van der Waals surface area contributed by atoms with E-state index in [0.717, 1.165) is 18.2 Å². The molecule has 2 rings (SSSR count). The summed E-state index contributed by atoms with van der Waals surface area (Å²) in [4.78, 5) is 10.1. The number of nitrogens with zero attached hydrogens (tertiary/aromatic N) is 1. The molecule has 0 spiro atoms. The molecule has 0 aliphatic heterocycles. The monoisotopic (exact) mass is 339 g/mol. The van der Waals surface area contributed by atoms with Gasteiger partial charge < -0.3 is 14.6 Å². The van der Waals surface area contributed by atoms with Gasteiger partial charge in [0.05, 0.1) is 18.1 Å². The highest BCUT2D eigenvalue weighted by molar-refractivity contribution is 5.46. The zero-order chi connectivity index (χ0) is 17.5. The second kappa shape index (κ2) is 8.32. The van der Waals surface area contributed by atoms with Crippen LogP contribution in [0, 0.1) is 21.7 Å². The van der Waals surface area contributed by atoms with Crippen LogP contribution in [0.3, 0.4) is 0 Å². The van der Waals surface area contributed by atoms with Crippen molar-refractivity contribution in [3.63, 3.8) is 0 Å². The number of rotatable bonds is 8. The number of hydrogen-bond donors (Lipinski definition) is 1. The molecule has 0 radical (unpaired) electrons. The van der Waals surface area contributed by atoms with Crippen LogP contribution in [0.2, 0.25) is 0 Å². The molecule has 0 fully saturated rings. The van der Waals surface area contributed by atoms with Gasteiger partial charge >= 0.3 is 5.69 Å². The van der Waals surface area contributed by atoms with Crippen molar-refractivity contribution in [1.29, 1.82) is 0 Å². The summed E-state index contributed by atoms with van der Waals surface area (Å²) < 4.78 is 36.8. The van der Waals surface area contributed by atoms with Gasteiger partial charge in [0.15, 0.2) is 5.75 Å². The number of aliphatic hydroxyl groups is 1. The maximum absolute atomic E-state index is 13.4. The Morgan fingerprint density at radius 1 is 1.17 bits per heavy atom. The Morgan fingerprint density at radius 3 is 2.62 bits per heavy atom. The van der Waals surface area contributed by atoms with Gasteiger partial charge in [0.25, 0.3) is 0 Å². The molecule has 1 atom stereocenters. The molecule has 0 heterocycles. The predicted molar refractivity (Wildman–Crippen MR) is 80.6 cm³/mol. The van der Waals surface area contributed by atoms with E-state index in [2.05, 4.69) is 0 Å². The van der Waals surface area contributed by atoms with Crippen molar-refractivity contribution in [2.45, 2.75) is 12.7 Å². The fourth-order valence-corrected chi connectivity index (χ4v) is 1.91. The van der Waals surface area contributed by atoms with Crippen molar-refractivity contribution < 1.29 is 28.3 Å². The number of ether oxygens (including phenoxy) is 2. The summed E-state index contributed by atoms with van der Waals surface area (Å²) in [6, 6.07) is 8.84. The summed E-state index contributed by atoms with van der Waals surface area (Å²) in [5.74, 6) is -1.40. The molecule has 24 heavy (non-hydrogen) atoms. The first-order valence-corrected chi connectivity index (χ1v) is 7.03. The van der Waals surface area contributed by atoms with Gasteiger partial charge in [-0.3, -0.25) is 10.1 Å². The van der Waals surface area contributed by atoms with Crippen molar-refractivity contribution in [3.8, 4) is 5.75 Å². The largest absolute Gasteiger partial charge is 0.484 e. The van der Waals surface area contributed by atoms with Gasteiger partial charge in [0, 0.05) is 17.7 Å².